The molecule has 0 saturated heterocycles. The van der Waals surface area contributed by atoms with Crippen LogP contribution >= 0.6 is 0 Å². The SMILES string of the molecule is O.O.O.O.O.O=[N+]([O-])O.[Sc]. The van der Waals surface area contributed by atoms with E-state index in [2.05, 4.69) is 0 Å². The summed E-state index contributed by atoms with van der Waals surface area (Å²) in [4.78, 5) is 8.36. The second-order valence-electron chi connectivity index (χ2n) is 0.238. The van der Waals surface area contributed by atoms with Gasteiger partial charge in [0.1, 0.15) is 0 Å². The van der Waals surface area contributed by atoms with Crippen molar-refractivity contribution in [1.29, 1.82) is 0 Å². The van der Waals surface area contributed by atoms with Crippen molar-refractivity contribution in [3.63, 3.8) is 0 Å². The quantitative estimate of drug-likeness (QED) is 0.300. The van der Waals surface area contributed by atoms with Gasteiger partial charge in [0.2, 0.25) is 0 Å². The van der Waals surface area contributed by atoms with Crippen LogP contribution in [-0.2, 0) is 25.8 Å². The number of hydrogen-bond acceptors (Lipinski definition) is 2. The van der Waals surface area contributed by atoms with E-state index < -0.39 is 5.09 Å². The van der Waals surface area contributed by atoms with Gasteiger partial charge in [0, 0.05) is 25.8 Å². The second kappa shape index (κ2) is 66.7. The predicted octanol–water partition coefficient (Wildman–Crippen LogP) is -4.47. The monoisotopic (exact) mass is 198 g/mol. The molecule has 0 spiro atoms. The molecule has 0 aromatic carbocycles. The number of rotatable bonds is 0. The molecule has 0 saturated carbocycles. The van der Waals surface area contributed by atoms with E-state index in [1.165, 1.54) is 0 Å². The predicted molar refractivity (Wildman–Crippen MR) is 26.8 cm³/mol. The molecule has 0 aliphatic carbocycles. The molecule has 0 heterocycles. The molecule has 10 heteroatoms. The van der Waals surface area contributed by atoms with Gasteiger partial charge >= 0.3 is 0 Å². The summed E-state index contributed by atoms with van der Waals surface area (Å²) in [6.07, 6.45) is 0. The van der Waals surface area contributed by atoms with Gasteiger partial charge in [-0.15, -0.1) is 10.1 Å². The van der Waals surface area contributed by atoms with Gasteiger partial charge in [-0.2, -0.15) is 0 Å². The maximum absolute atomic E-state index is 8.36. The van der Waals surface area contributed by atoms with Gasteiger partial charge in [-0.25, -0.2) is 0 Å². The van der Waals surface area contributed by atoms with Crippen molar-refractivity contribution in [1.82, 2.24) is 0 Å². The van der Waals surface area contributed by atoms with Crippen molar-refractivity contribution < 1.29 is 63.5 Å². The summed E-state index contributed by atoms with van der Waals surface area (Å²) in [7, 11) is 0. The first-order chi connectivity index (χ1) is 1.73. The van der Waals surface area contributed by atoms with E-state index in [9.17, 15) is 0 Å². The summed E-state index contributed by atoms with van der Waals surface area (Å²) < 4.78 is 0. The van der Waals surface area contributed by atoms with Crippen LogP contribution in [0.2, 0.25) is 0 Å². The molecule has 0 amide bonds. The maximum Gasteiger partial charge on any atom is 0.291 e. The summed E-state index contributed by atoms with van der Waals surface area (Å²) in [5.41, 5.74) is 0. The molecule has 9 nitrogen and oxygen atoms in total. The van der Waals surface area contributed by atoms with E-state index >= 15 is 0 Å². The van der Waals surface area contributed by atoms with Gasteiger partial charge in [0.05, 0.1) is 0 Å². The van der Waals surface area contributed by atoms with E-state index in [0.29, 0.717) is 0 Å². The van der Waals surface area contributed by atoms with E-state index in [-0.39, 0.29) is 53.2 Å². The minimum atomic E-state index is -1.50. The Morgan fingerprint density at radius 2 is 1.00 bits per heavy atom. The van der Waals surface area contributed by atoms with Crippen LogP contribution in [-0.4, -0.2) is 37.7 Å². The minimum absolute atomic E-state index is 0. The summed E-state index contributed by atoms with van der Waals surface area (Å²) in [5, 5.41) is 13.6. The minimum Gasteiger partial charge on any atom is -0.412 e. The average molecular weight is 198 g/mol. The molecule has 0 rings (SSSR count). The van der Waals surface area contributed by atoms with Crippen molar-refractivity contribution in [3.05, 3.63) is 10.1 Å². The second-order valence-corrected chi connectivity index (χ2v) is 0.238. The first-order valence-corrected chi connectivity index (χ1v) is 0.565. The smallest absolute Gasteiger partial charge is 0.291 e. The van der Waals surface area contributed by atoms with E-state index in [0.717, 1.165) is 0 Å². The summed E-state index contributed by atoms with van der Waals surface area (Å²) in [6.45, 7) is 0. The summed E-state index contributed by atoms with van der Waals surface area (Å²) in [5.74, 6) is 0. The van der Waals surface area contributed by atoms with Crippen LogP contribution in [0.25, 0.3) is 0 Å². The molecule has 0 aliphatic heterocycles. The Morgan fingerprint density at radius 1 is 1.00 bits per heavy atom. The maximum atomic E-state index is 8.36. The molecule has 10 heavy (non-hydrogen) atoms. The normalized spacial score (nSPS) is 2.40. The van der Waals surface area contributed by atoms with Crippen LogP contribution in [0, 0.1) is 10.1 Å². The zero-order valence-electron chi connectivity index (χ0n) is 4.79. The molecule has 0 aromatic heterocycles. The van der Waals surface area contributed by atoms with Crippen molar-refractivity contribution in [2.45, 2.75) is 0 Å². The number of hydrogen-bond donors (Lipinski definition) is 1. The van der Waals surface area contributed by atoms with E-state index in [1.807, 2.05) is 0 Å². The first-order valence-electron chi connectivity index (χ1n) is 0.565. The van der Waals surface area contributed by atoms with Gasteiger partial charge in [0.25, 0.3) is 5.09 Å². The van der Waals surface area contributed by atoms with Crippen LogP contribution < -0.4 is 0 Å². The number of nitrogens with zero attached hydrogens (tertiary/aromatic N) is 1. The zero-order chi connectivity index (χ0) is 3.58. The van der Waals surface area contributed by atoms with Gasteiger partial charge in [-0.05, 0) is 0 Å². The Hall–Kier alpha value is -0.130. The fourth-order valence-electron chi connectivity index (χ4n) is 0. The van der Waals surface area contributed by atoms with Gasteiger partial charge in [0.15, 0.2) is 0 Å². The van der Waals surface area contributed by atoms with Crippen molar-refractivity contribution in [2.24, 2.45) is 0 Å². The van der Waals surface area contributed by atoms with Gasteiger partial charge in [-0.1, -0.05) is 0 Å². The molecular formula is H11NO8Sc. The fraction of sp³-hybridized carbons (Fsp3) is 0. The first kappa shape index (κ1) is 94.3. The third-order valence-electron chi connectivity index (χ3n) is 0. The molecule has 0 atom stereocenters. The van der Waals surface area contributed by atoms with Crippen LogP contribution in [0.15, 0.2) is 0 Å². The standard InChI is InChI=1S/HNO3.5H2O.Sc/c2-1(3)4;;;;;;/h(H,2,3,4);5*1H2;. The zero-order valence-corrected chi connectivity index (χ0v) is 6.59. The van der Waals surface area contributed by atoms with Crippen molar-refractivity contribution in [3.8, 4) is 0 Å². The molecule has 0 aromatic rings. The molecule has 0 bridgehead atoms. The molecular weight excluding hydrogens is 187 g/mol. The third kappa shape index (κ3) is 22000. The van der Waals surface area contributed by atoms with Crippen LogP contribution in [0.1, 0.15) is 0 Å². The third-order valence-corrected chi connectivity index (χ3v) is 0. The van der Waals surface area contributed by atoms with Gasteiger partial charge < -0.3 is 32.6 Å². The van der Waals surface area contributed by atoms with Crippen molar-refractivity contribution in [2.75, 3.05) is 0 Å². The average Bonchev–Trinajstić information content (AvgIpc) is 0.811. The topological polar surface area (TPSA) is 221 Å². The van der Waals surface area contributed by atoms with E-state index in [1.54, 1.807) is 0 Å². The van der Waals surface area contributed by atoms with Crippen LogP contribution in [0.4, 0.5) is 0 Å². The molecule has 0 aliphatic rings. The summed E-state index contributed by atoms with van der Waals surface area (Å²) >= 11 is 0. The van der Waals surface area contributed by atoms with E-state index in [4.69, 9.17) is 15.3 Å². The molecule has 0 unspecified atom stereocenters. The Balaban J connectivity index is -0.00000000300. The fourth-order valence-corrected chi connectivity index (χ4v) is 0. The Labute approximate surface area is 74.1 Å². The van der Waals surface area contributed by atoms with Gasteiger partial charge in [-0.3, -0.25) is 0 Å². The Kier molecular flexibility index (Phi) is 629. The van der Waals surface area contributed by atoms with Crippen LogP contribution in [0.5, 0.6) is 0 Å². The Bertz CT molecular complexity index is 32.2. The van der Waals surface area contributed by atoms with Crippen LogP contribution in [0.3, 0.4) is 0 Å². The summed E-state index contributed by atoms with van der Waals surface area (Å²) in [6, 6.07) is 0. The molecule has 1 radical (unpaired) electrons. The van der Waals surface area contributed by atoms with Crippen molar-refractivity contribution >= 4 is 0 Å². The molecule has 67 valence electrons. The largest absolute Gasteiger partial charge is 0.412 e. The Morgan fingerprint density at radius 3 is 1.00 bits per heavy atom. The molecule has 11 N–H and O–H groups in total. The molecule has 0 fully saturated rings.